The highest BCUT2D eigenvalue weighted by Gasteiger charge is 2.51. The molecule has 0 aliphatic heterocycles. The Hall–Kier alpha value is -1.19. The van der Waals surface area contributed by atoms with E-state index in [2.05, 4.69) is 50.2 Å². The zero-order valence-electron chi connectivity index (χ0n) is 16.5. The van der Waals surface area contributed by atoms with E-state index in [9.17, 15) is 5.11 Å². The lowest BCUT2D eigenvalue weighted by Crippen LogP contribution is -2.50. The van der Waals surface area contributed by atoms with Gasteiger partial charge in [0.15, 0.2) is 0 Å². The van der Waals surface area contributed by atoms with Crippen LogP contribution in [0.4, 0.5) is 0 Å². The van der Waals surface area contributed by atoms with Gasteiger partial charge >= 0.3 is 0 Å². The minimum Gasteiger partial charge on any atom is -0.396 e. The molecule has 1 N–H and O–H groups in total. The first-order valence-electron chi connectivity index (χ1n) is 10.1. The maximum atomic E-state index is 10.2. The van der Waals surface area contributed by atoms with E-state index in [1.807, 2.05) is 5.51 Å². The highest BCUT2D eigenvalue weighted by Crippen LogP contribution is 2.57. The van der Waals surface area contributed by atoms with Crippen LogP contribution in [-0.4, -0.2) is 16.7 Å². The van der Waals surface area contributed by atoms with E-state index in [1.165, 1.54) is 41.5 Å². The van der Waals surface area contributed by atoms with Crippen LogP contribution in [0, 0.1) is 11.3 Å². The van der Waals surface area contributed by atoms with Gasteiger partial charge in [0, 0.05) is 17.6 Å². The highest BCUT2D eigenvalue weighted by atomic mass is 32.1. The number of aliphatic hydroxyl groups is 1. The number of hydrogen-bond donors (Lipinski definition) is 1. The molecule has 0 radical (unpaired) electrons. The fraction of sp³-hybridized carbons (Fsp3) is 0.609. The third-order valence-corrected chi connectivity index (χ3v) is 7.93. The van der Waals surface area contributed by atoms with E-state index >= 15 is 0 Å². The average Bonchev–Trinajstić information content (AvgIpc) is 3.15. The van der Waals surface area contributed by atoms with Crippen molar-refractivity contribution in [3.63, 3.8) is 0 Å². The first-order chi connectivity index (χ1) is 12.4. The second kappa shape index (κ2) is 6.45. The Balaban J connectivity index is 1.89. The lowest BCUT2D eigenvalue weighted by atomic mass is 9.50. The van der Waals surface area contributed by atoms with Crippen LogP contribution in [0.5, 0.6) is 0 Å². The number of benzene rings is 1. The summed E-state index contributed by atoms with van der Waals surface area (Å²) in [5, 5.41) is 12.3. The van der Waals surface area contributed by atoms with Gasteiger partial charge < -0.3 is 5.11 Å². The summed E-state index contributed by atoms with van der Waals surface area (Å²) >= 11 is 1.67. The van der Waals surface area contributed by atoms with Crippen LogP contribution >= 0.6 is 11.3 Å². The molecule has 1 fully saturated rings. The van der Waals surface area contributed by atoms with Crippen LogP contribution in [-0.2, 0) is 11.8 Å². The van der Waals surface area contributed by atoms with Crippen LogP contribution in [0.2, 0.25) is 0 Å². The van der Waals surface area contributed by atoms with Gasteiger partial charge in [-0.15, -0.1) is 11.3 Å². The number of hydrogen-bond acceptors (Lipinski definition) is 3. The van der Waals surface area contributed by atoms with Gasteiger partial charge in [-0.1, -0.05) is 40.2 Å². The quantitative estimate of drug-likeness (QED) is 0.726. The monoisotopic (exact) mass is 369 g/mol. The molecule has 0 saturated heterocycles. The molecule has 3 heteroatoms. The van der Waals surface area contributed by atoms with Gasteiger partial charge in [0.2, 0.25) is 0 Å². The van der Waals surface area contributed by atoms with E-state index in [4.69, 9.17) is 0 Å². The first kappa shape index (κ1) is 18.2. The zero-order chi connectivity index (χ0) is 18.5. The molecule has 2 nitrogen and oxygen atoms in total. The minimum atomic E-state index is 0.0577. The molecule has 26 heavy (non-hydrogen) atoms. The van der Waals surface area contributed by atoms with Crippen molar-refractivity contribution >= 4 is 11.3 Å². The third kappa shape index (κ3) is 2.66. The van der Waals surface area contributed by atoms with Crippen LogP contribution in [0.15, 0.2) is 23.0 Å². The maximum absolute atomic E-state index is 10.2. The Kier molecular flexibility index (Phi) is 4.51. The highest BCUT2D eigenvalue weighted by molar-refractivity contribution is 7.07. The van der Waals surface area contributed by atoms with Crippen LogP contribution in [0.1, 0.15) is 76.0 Å². The molecule has 2 aromatic rings. The van der Waals surface area contributed by atoms with Crippen LogP contribution in [0.3, 0.4) is 0 Å². The van der Waals surface area contributed by atoms with Gasteiger partial charge in [-0.25, -0.2) is 4.98 Å². The standard InChI is InChI=1S/C23H31NOS/c1-15(2)17-10-16-6-7-21-22(3,13-25)8-5-9-23(21,4)19(16)11-18(17)20-12-26-14-24-20/h10-12,14-15,21,25H,5-9,13H2,1-4H3/t21-,22-,23+/m0/s1. The van der Waals surface area contributed by atoms with Crippen molar-refractivity contribution in [3.05, 3.63) is 39.7 Å². The van der Waals surface area contributed by atoms with Gasteiger partial charge in [-0.3, -0.25) is 0 Å². The summed E-state index contributed by atoms with van der Waals surface area (Å²) in [6, 6.07) is 4.94. The minimum absolute atomic E-state index is 0.0577. The molecule has 1 heterocycles. The normalized spacial score (nSPS) is 30.9. The fourth-order valence-electron chi connectivity index (χ4n) is 5.90. The number of rotatable bonds is 3. The molecule has 1 saturated carbocycles. The number of aryl methyl sites for hydroxylation is 1. The lowest BCUT2D eigenvalue weighted by molar-refractivity contribution is -0.0178. The molecule has 0 unspecified atom stereocenters. The summed E-state index contributed by atoms with van der Waals surface area (Å²) in [6.45, 7) is 9.65. The van der Waals surface area contributed by atoms with Crippen molar-refractivity contribution in [3.8, 4) is 11.3 Å². The van der Waals surface area contributed by atoms with Crippen molar-refractivity contribution in [2.75, 3.05) is 6.61 Å². The summed E-state index contributed by atoms with van der Waals surface area (Å²) in [5.41, 5.74) is 9.09. The average molecular weight is 370 g/mol. The molecule has 1 aromatic carbocycles. The molecular formula is C23H31NOS. The Bertz CT molecular complexity index is 797. The number of nitrogens with zero attached hydrogens (tertiary/aromatic N) is 1. The van der Waals surface area contributed by atoms with Crippen molar-refractivity contribution in [2.45, 2.75) is 71.1 Å². The molecule has 0 amide bonds. The van der Waals surface area contributed by atoms with Crippen LogP contribution < -0.4 is 0 Å². The summed E-state index contributed by atoms with van der Waals surface area (Å²) in [6.07, 6.45) is 5.94. The van der Waals surface area contributed by atoms with Crippen molar-refractivity contribution in [1.82, 2.24) is 4.98 Å². The van der Waals surface area contributed by atoms with Crippen LogP contribution in [0.25, 0.3) is 11.3 Å². The third-order valence-electron chi connectivity index (χ3n) is 7.34. The Labute approximate surface area is 161 Å². The molecule has 3 atom stereocenters. The lowest BCUT2D eigenvalue weighted by Gasteiger charge is -2.55. The van der Waals surface area contributed by atoms with Gasteiger partial charge in [0.05, 0.1) is 11.2 Å². The smallest absolute Gasteiger partial charge is 0.0814 e. The molecular weight excluding hydrogens is 338 g/mol. The molecule has 4 rings (SSSR count). The van der Waals surface area contributed by atoms with Crippen molar-refractivity contribution in [1.29, 1.82) is 0 Å². The summed E-state index contributed by atoms with van der Waals surface area (Å²) in [5.74, 6) is 1.06. The van der Waals surface area contributed by atoms with Gasteiger partial charge in [-0.2, -0.15) is 0 Å². The number of fused-ring (bicyclic) bond motifs is 3. The summed E-state index contributed by atoms with van der Waals surface area (Å²) in [4.78, 5) is 4.63. The molecule has 1 aromatic heterocycles. The molecule has 2 aliphatic rings. The van der Waals surface area contributed by atoms with Crippen molar-refractivity contribution in [2.24, 2.45) is 11.3 Å². The first-order valence-corrected chi connectivity index (χ1v) is 11.0. The summed E-state index contributed by atoms with van der Waals surface area (Å²) in [7, 11) is 0. The number of thiazole rings is 1. The van der Waals surface area contributed by atoms with Gasteiger partial charge in [0.25, 0.3) is 0 Å². The number of aromatic nitrogens is 1. The topological polar surface area (TPSA) is 33.1 Å². The predicted molar refractivity (Wildman–Crippen MR) is 110 cm³/mol. The molecule has 2 aliphatic carbocycles. The Morgan fingerprint density at radius 3 is 2.73 bits per heavy atom. The molecule has 0 spiro atoms. The predicted octanol–water partition coefficient (Wildman–Crippen LogP) is 5.94. The van der Waals surface area contributed by atoms with Gasteiger partial charge in [0.1, 0.15) is 0 Å². The van der Waals surface area contributed by atoms with Gasteiger partial charge in [-0.05, 0) is 71.1 Å². The largest absolute Gasteiger partial charge is 0.396 e. The Morgan fingerprint density at radius 2 is 2.08 bits per heavy atom. The molecule has 0 bridgehead atoms. The summed E-state index contributed by atoms with van der Waals surface area (Å²) < 4.78 is 0. The number of aliphatic hydroxyl groups excluding tert-OH is 1. The van der Waals surface area contributed by atoms with Crippen molar-refractivity contribution < 1.29 is 5.11 Å². The Morgan fingerprint density at radius 1 is 1.27 bits per heavy atom. The van der Waals surface area contributed by atoms with E-state index in [0.717, 1.165) is 18.5 Å². The zero-order valence-corrected chi connectivity index (χ0v) is 17.3. The van der Waals surface area contributed by atoms with E-state index in [0.29, 0.717) is 18.4 Å². The SMILES string of the molecule is CC(C)c1cc2c(cc1-c1cscn1)[C@@]1(C)CCC[C@@](C)(CO)[C@@H]1CC2. The van der Waals surface area contributed by atoms with E-state index in [1.54, 1.807) is 11.3 Å². The fourth-order valence-corrected chi connectivity index (χ4v) is 6.45. The van der Waals surface area contributed by atoms with E-state index < -0.39 is 0 Å². The maximum Gasteiger partial charge on any atom is 0.0814 e. The van der Waals surface area contributed by atoms with E-state index in [-0.39, 0.29) is 10.8 Å². The molecule has 140 valence electrons. The second-order valence-electron chi connectivity index (χ2n) is 9.30. The second-order valence-corrected chi connectivity index (χ2v) is 10.0.